The lowest BCUT2D eigenvalue weighted by Gasteiger charge is -2.13. The number of aliphatic hydroxyl groups is 1. The van der Waals surface area contributed by atoms with Gasteiger partial charge in [0.2, 0.25) is 0 Å². The number of thiophene rings is 1. The first-order chi connectivity index (χ1) is 7.86. The predicted octanol–water partition coefficient (Wildman–Crippen LogP) is 2.76. The van der Waals surface area contributed by atoms with Crippen LogP contribution in [0.2, 0.25) is 0 Å². The van der Waals surface area contributed by atoms with Gasteiger partial charge in [-0.3, -0.25) is 0 Å². The maximum absolute atomic E-state index is 10.3. The minimum Gasteiger partial charge on any atom is -0.493 e. The van der Waals surface area contributed by atoms with Crippen LogP contribution in [0.5, 0.6) is 5.75 Å². The summed E-state index contributed by atoms with van der Waals surface area (Å²) in [6.07, 6.45) is 0.374. The molecule has 3 rings (SSSR count). The molecule has 0 saturated heterocycles. The molecule has 16 heavy (non-hydrogen) atoms. The van der Waals surface area contributed by atoms with Crippen LogP contribution in [0.25, 0.3) is 0 Å². The first-order valence-electron chi connectivity index (χ1n) is 5.31. The van der Waals surface area contributed by atoms with E-state index in [9.17, 15) is 5.11 Å². The second-order valence-electron chi connectivity index (χ2n) is 3.89. The smallest absolute Gasteiger partial charge is 0.128 e. The lowest BCUT2D eigenvalue weighted by atomic mass is 10.0. The number of para-hydroxylation sites is 1. The topological polar surface area (TPSA) is 29.5 Å². The van der Waals surface area contributed by atoms with Crippen LogP contribution in [-0.4, -0.2) is 11.7 Å². The highest BCUT2D eigenvalue weighted by atomic mass is 32.1. The summed E-state index contributed by atoms with van der Waals surface area (Å²) in [7, 11) is 0. The van der Waals surface area contributed by atoms with Crippen molar-refractivity contribution >= 4 is 11.3 Å². The summed E-state index contributed by atoms with van der Waals surface area (Å²) in [6.45, 7) is 0.725. The van der Waals surface area contributed by atoms with Crippen molar-refractivity contribution in [3.63, 3.8) is 0 Å². The van der Waals surface area contributed by atoms with Crippen LogP contribution >= 0.6 is 11.3 Å². The number of ether oxygens (including phenoxy) is 1. The highest BCUT2D eigenvalue weighted by Crippen LogP contribution is 2.36. The Morgan fingerprint density at radius 2 is 2.25 bits per heavy atom. The molecular weight excluding hydrogens is 220 g/mol. The van der Waals surface area contributed by atoms with E-state index in [0.29, 0.717) is 0 Å². The van der Waals surface area contributed by atoms with Crippen molar-refractivity contribution in [2.45, 2.75) is 12.5 Å². The van der Waals surface area contributed by atoms with Crippen LogP contribution in [-0.2, 0) is 6.42 Å². The second kappa shape index (κ2) is 3.92. The minimum atomic E-state index is -0.570. The van der Waals surface area contributed by atoms with Gasteiger partial charge < -0.3 is 9.84 Å². The third-order valence-corrected chi connectivity index (χ3v) is 3.60. The number of rotatable bonds is 2. The molecule has 1 aromatic carbocycles. The van der Waals surface area contributed by atoms with Crippen LogP contribution in [0, 0.1) is 0 Å². The summed E-state index contributed by atoms with van der Waals surface area (Å²) < 4.78 is 5.59. The van der Waals surface area contributed by atoms with Crippen molar-refractivity contribution in [2.75, 3.05) is 6.61 Å². The molecule has 3 heteroatoms. The quantitative estimate of drug-likeness (QED) is 0.862. The van der Waals surface area contributed by atoms with E-state index in [2.05, 4.69) is 6.07 Å². The van der Waals surface area contributed by atoms with Gasteiger partial charge in [-0.1, -0.05) is 18.2 Å². The molecule has 1 atom stereocenters. The zero-order valence-electron chi connectivity index (χ0n) is 8.72. The minimum absolute atomic E-state index is 0.570. The molecule has 2 heterocycles. The monoisotopic (exact) mass is 232 g/mol. The normalized spacial score (nSPS) is 15.6. The molecule has 1 aliphatic heterocycles. The van der Waals surface area contributed by atoms with E-state index in [-0.39, 0.29) is 0 Å². The molecular formula is C13H12O2S. The van der Waals surface area contributed by atoms with Gasteiger partial charge in [-0.2, -0.15) is 11.3 Å². The molecule has 1 N–H and O–H groups in total. The largest absolute Gasteiger partial charge is 0.493 e. The highest BCUT2D eigenvalue weighted by Gasteiger charge is 2.21. The van der Waals surface area contributed by atoms with Gasteiger partial charge in [0.25, 0.3) is 0 Å². The van der Waals surface area contributed by atoms with Gasteiger partial charge in [0.05, 0.1) is 6.61 Å². The Hall–Kier alpha value is -1.32. The number of benzene rings is 1. The summed E-state index contributed by atoms with van der Waals surface area (Å²) in [5.74, 6) is 0.876. The van der Waals surface area contributed by atoms with Crippen molar-refractivity contribution in [2.24, 2.45) is 0 Å². The lowest BCUT2D eigenvalue weighted by molar-refractivity contribution is 0.214. The fraction of sp³-hybridized carbons (Fsp3) is 0.231. The molecule has 0 spiro atoms. The Balaban J connectivity index is 2.04. The van der Waals surface area contributed by atoms with Crippen molar-refractivity contribution < 1.29 is 9.84 Å². The maximum atomic E-state index is 10.3. The molecule has 1 aromatic heterocycles. The molecule has 2 nitrogen and oxygen atoms in total. The van der Waals surface area contributed by atoms with E-state index in [1.165, 1.54) is 5.56 Å². The van der Waals surface area contributed by atoms with Gasteiger partial charge in [-0.15, -0.1) is 0 Å². The van der Waals surface area contributed by atoms with Crippen LogP contribution in [0.15, 0.2) is 35.0 Å². The van der Waals surface area contributed by atoms with Gasteiger partial charge in [0.15, 0.2) is 0 Å². The molecule has 82 valence electrons. The van der Waals surface area contributed by atoms with Crippen molar-refractivity contribution in [3.8, 4) is 5.75 Å². The van der Waals surface area contributed by atoms with Crippen LogP contribution in [0.3, 0.4) is 0 Å². The van der Waals surface area contributed by atoms with E-state index in [1.807, 2.05) is 29.0 Å². The average Bonchev–Trinajstić information content (AvgIpc) is 2.98. The number of aliphatic hydroxyl groups excluding tert-OH is 1. The molecule has 0 aliphatic carbocycles. The Kier molecular flexibility index (Phi) is 2.42. The number of hydrogen-bond acceptors (Lipinski definition) is 3. The number of fused-ring (bicyclic) bond motifs is 1. The summed E-state index contributed by atoms with van der Waals surface area (Å²) >= 11 is 1.60. The number of hydrogen-bond donors (Lipinski definition) is 1. The van der Waals surface area contributed by atoms with Gasteiger partial charge in [0.1, 0.15) is 11.9 Å². The first kappa shape index (κ1) is 9.87. The Bertz CT molecular complexity index is 491. The van der Waals surface area contributed by atoms with Crippen LogP contribution in [0.1, 0.15) is 22.8 Å². The molecule has 0 amide bonds. The van der Waals surface area contributed by atoms with Gasteiger partial charge >= 0.3 is 0 Å². The van der Waals surface area contributed by atoms with Gasteiger partial charge in [-0.05, 0) is 28.0 Å². The second-order valence-corrected chi connectivity index (χ2v) is 4.67. The summed E-state index contributed by atoms with van der Waals surface area (Å²) in [5.41, 5.74) is 3.02. The van der Waals surface area contributed by atoms with Crippen LogP contribution in [0.4, 0.5) is 0 Å². The van der Waals surface area contributed by atoms with Gasteiger partial charge in [-0.25, -0.2) is 0 Å². The fourth-order valence-electron chi connectivity index (χ4n) is 2.07. The van der Waals surface area contributed by atoms with Crippen molar-refractivity contribution in [1.29, 1.82) is 0 Å². The summed E-state index contributed by atoms with van der Waals surface area (Å²) in [4.78, 5) is 0. The molecule has 2 aromatic rings. The average molecular weight is 232 g/mol. The van der Waals surface area contributed by atoms with Crippen molar-refractivity contribution in [3.05, 3.63) is 51.7 Å². The Morgan fingerprint density at radius 3 is 3.06 bits per heavy atom. The molecule has 0 fully saturated rings. The predicted molar refractivity (Wildman–Crippen MR) is 64.0 cm³/mol. The summed E-state index contributed by atoms with van der Waals surface area (Å²) in [6, 6.07) is 7.93. The molecule has 0 saturated carbocycles. The molecule has 0 radical (unpaired) electrons. The van der Waals surface area contributed by atoms with Crippen LogP contribution < -0.4 is 4.74 Å². The van der Waals surface area contributed by atoms with Crippen molar-refractivity contribution in [1.82, 2.24) is 0 Å². The van der Waals surface area contributed by atoms with E-state index in [4.69, 9.17) is 4.74 Å². The third-order valence-electron chi connectivity index (χ3n) is 2.90. The zero-order valence-corrected chi connectivity index (χ0v) is 9.54. The highest BCUT2D eigenvalue weighted by molar-refractivity contribution is 7.07. The Morgan fingerprint density at radius 1 is 1.31 bits per heavy atom. The zero-order chi connectivity index (χ0) is 11.0. The standard InChI is InChI=1S/C13H12O2S/c14-12(10-5-7-16-8-10)11-3-1-2-9-4-6-15-13(9)11/h1-3,5,7-8,12,14H,4,6H2. The first-order valence-corrected chi connectivity index (χ1v) is 6.25. The van der Waals surface area contributed by atoms with E-state index >= 15 is 0 Å². The van der Waals surface area contributed by atoms with E-state index < -0.39 is 6.10 Å². The van der Waals surface area contributed by atoms with Gasteiger partial charge in [0, 0.05) is 12.0 Å². The molecule has 0 bridgehead atoms. The molecule has 1 unspecified atom stereocenters. The Labute approximate surface area is 98.1 Å². The third kappa shape index (κ3) is 1.52. The molecule has 1 aliphatic rings. The lowest BCUT2D eigenvalue weighted by Crippen LogP contribution is -2.00. The fourth-order valence-corrected chi connectivity index (χ4v) is 2.74. The SMILES string of the molecule is OC(c1ccsc1)c1cccc2c1OCC2. The van der Waals surface area contributed by atoms with E-state index in [0.717, 1.165) is 29.9 Å². The summed E-state index contributed by atoms with van der Waals surface area (Å²) in [5, 5.41) is 14.2. The maximum Gasteiger partial charge on any atom is 0.128 e. The van der Waals surface area contributed by atoms with E-state index in [1.54, 1.807) is 11.3 Å².